The highest BCUT2D eigenvalue weighted by Gasteiger charge is 2.21. The van der Waals surface area contributed by atoms with Gasteiger partial charge in [0.15, 0.2) is 0 Å². The molecule has 0 aliphatic carbocycles. The number of anilines is 1. The molecule has 0 fully saturated rings. The van der Waals surface area contributed by atoms with Crippen molar-refractivity contribution in [2.24, 2.45) is 5.92 Å². The molecule has 1 aromatic heterocycles. The van der Waals surface area contributed by atoms with E-state index in [4.69, 9.17) is 0 Å². The predicted octanol–water partition coefficient (Wildman–Crippen LogP) is 3.90. The fraction of sp³-hybridized carbons (Fsp3) is 0.190. The van der Waals surface area contributed by atoms with Crippen molar-refractivity contribution in [1.29, 1.82) is 0 Å². The monoisotopic (exact) mass is 380 g/mol. The van der Waals surface area contributed by atoms with Crippen molar-refractivity contribution in [3.8, 4) is 0 Å². The summed E-state index contributed by atoms with van der Waals surface area (Å²) in [6, 6.07) is 15.8. The molecule has 0 aliphatic heterocycles. The van der Waals surface area contributed by atoms with Gasteiger partial charge in [-0.1, -0.05) is 44.2 Å². The third kappa shape index (κ3) is 4.23. The lowest BCUT2D eigenvalue weighted by Crippen LogP contribution is -2.32. The molecule has 138 valence electrons. The van der Waals surface area contributed by atoms with Gasteiger partial charge in [0.05, 0.1) is 0 Å². The van der Waals surface area contributed by atoms with Gasteiger partial charge in [-0.25, -0.2) is 0 Å². The van der Waals surface area contributed by atoms with E-state index in [0.29, 0.717) is 22.2 Å². The van der Waals surface area contributed by atoms with E-state index in [1.54, 1.807) is 42.5 Å². The van der Waals surface area contributed by atoms with Gasteiger partial charge in [0.25, 0.3) is 11.8 Å². The van der Waals surface area contributed by atoms with Gasteiger partial charge in [0, 0.05) is 22.2 Å². The number of carbonyl (C=O) groups excluding carboxylic acids is 2. The van der Waals surface area contributed by atoms with Gasteiger partial charge in [-0.2, -0.15) is 0 Å². The second-order valence-electron chi connectivity index (χ2n) is 6.56. The third-order valence-corrected chi connectivity index (χ3v) is 5.05. The maximum atomic E-state index is 12.9. The molecular formula is C21H20N2O3S. The summed E-state index contributed by atoms with van der Waals surface area (Å²) in [6.07, 6.45) is 0. The molecule has 3 rings (SSSR count). The molecule has 27 heavy (non-hydrogen) atoms. The minimum atomic E-state index is -0.473. The molecule has 2 aromatic carbocycles. The maximum Gasteiger partial charge on any atom is 0.258 e. The number of rotatable bonds is 5. The molecule has 1 heterocycles. The van der Waals surface area contributed by atoms with Crippen molar-refractivity contribution in [1.82, 2.24) is 5.32 Å². The summed E-state index contributed by atoms with van der Waals surface area (Å²) in [6.45, 7) is 4.39. The fourth-order valence-corrected chi connectivity index (χ4v) is 3.65. The molecule has 0 aliphatic rings. The molecule has 5 nitrogen and oxygen atoms in total. The Hall–Kier alpha value is -2.99. The van der Waals surface area contributed by atoms with E-state index < -0.39 is 5.91 Å². The molecule has 3 aromatic rings. The second kappa shape index (κ2) is 8.14. The van der Waals surface area contributed by atoms with Crippen molar-refractivity contribution in [3.05, 3.63) is 75.9 Å². The van der Waals surface area contributed by atoms with Crippen molar-refractivity contribution in [2.75, 3.05) is 11.9 Å². The summed E-state index contributed by atoms with van der Waals surface area (Å²) in [5.74, 6) is -0.589. The molecule has 0 unspecified atom stereocenters. The van der Waals surface area contributed by atoms with Crippen molar-refractivity contribution < 1.29 is 9.59 Å². The van der Waals surface area contributed by atoms with Gasteiger partial charge in [0.1, 0.15) is 10.6 Å². The molecule has 0 radical (unpaired) electrons. The number of amides is 2. The first-order valence-corrected chi connectivity index (χ1v) is 9.49. The van der Waals surface area contributed by atoms with Gasteiger partial charge in [-0.15, -0.1) is 11.3 Å². The van der Waals surface area contributed by atoms with Crippen LogP contribution < -0.4 is 16.1 Å². The van der Waals surface area contributed by atoms with Crippen molar-refractivity contribution in [3.63, 3.8) is 0 Å². The SMILES string of the molecule is CC(C)CNC(=O)c1c(NC(=O)c2ccccc2)sc2ccccc2c1=O. The fourth-order valence-electron chi connectivity index (χ4n) is 2.59. The normalized spacial score (nSPS) is 10.8. The van der Waals surface area contributed by atoms with E-state index in [0.717, 1.165) is 0 Å². The van der Waals surface area contributed by atoms with E-state index in [2.05, 4.69) is 10.6 Å². The van der Waals surface area contributed by atoms with Crippen LogP contribution in [0.4, 0.5) is 5.00 Å². The van der Waals surface area contributed by atoms with Gasteiger partial charge in [0.2, 0.25) is 5.43 Å². The minimum Gasteiger partial charge on any atom is -0.352 e. The highest BCUT2D eigenvalue weighted by molar-refractivity contribution is 7.22. The Morgan fingerprint density at radius 2 is 1.63 bits per heavy atom. The highest BCUT2D eigenvalue weighted by atomic mass is 32.1. The van der Waals surface area contributed by atoms with Crippen LogP contribution in [0.1, 0.15) is 34.6 Å². The van der Waals surface area contributed by atoms with Gasteiger partial charge >= 0.3 is 0 Å². The van der Waals surface area contributed by atoms with E-state index in [-0.39, 0.29) is 27.8 Å². The van der Waals surface area contributed by atoms with Crippen molar-refractivity contribution in [2.45, 2.75) is 13.8 Å². The lowest BCUT2D eigenvalue weighted by atomic mass is 10.1. The Morgan fingerprint density at radius 1 is 0.963 bits per heavy atom. The van der Waals surface area contributed by atoms with Crippen LogP contribution in [-0.2, 0) is 0 Å². The van der Waals surface area contributed by atoms with Crippen LogP contribution in [0, 0.1) is 5.92 Å². The summed E-state index contributed by atoms with van der Waals surface area (Å²) < 4.78 is 0.714. The molecule has 2 N–H and O–H groups in total. The summed E-state index contributed by atoms with van der Waals surface area (Å²) in [7, 11) is 0. The lowest BCUT2D eigenvalue weighted by Gasteiger charge is -2.13. The van der Waals surface area contributed by atoms with Crippen LogP contribution >= 0.6 is 11.3 Å². The Balaban J connectivity index is 2.06. The van der Waals surface area contributed by atoms with Crippen LogP contribution in [0.15, 0.2) is 59.4 Å². The Bertz CT molecular complexity index is 1040. The standard InChI is InChI=1S/C21H20N2O3S/c1-13(2)12-22-20(26)17-18(24)15-10-6-7-11-16(15)27-21(17)23-19(25)14-8-4-3-5-9-14/h3-11,13H,12H2,1-2H3,(H,22,26)(H,23,25). The Labute approximate surface area is 161 Å². The average Bonchev–Trinajstić information content (AvgIpc) is 2.67. The average molecular weight is 380 g/mol. The van der Waals surface area contributed by atoms with Crippen LogP contribution in [-0.4, -0.2) is 18.4 Å². The van der Waals surface area contributed by atoms with Gasteiger partial charge in [-0.3, -0.25) is 14.4 Å². The summed E-state index contributed by atoms with van der Waals surface area (Å²) in [4.78, 5) is 38.2. The molecule has 0 saturated heterocycles. The topological polar surface area (TPSA) is 75.3 Å². The van der Waals surface area contributed by atoms with E-state index in [1.807, 2.05) is 26.0 Å². The number of nitrogens with one attached hydrogen (secondary N) is 2. The quantitative estimate of drug-likeness (QED) is 0.705. The summed E-state index contributed by atoms with van der Waals surface area (Å²) in [5, 5.41) is 6.25. The smallest absolute Gasteiger partial charge is 0.258 e. The molecular weight excluding hydrogens is 360 g/mol. The molecule has 2 amide bonds. The lowest BCUT2D eigenvalue weighted by molar-refractivity contribution is 0.0949. The molecule has 6 heteroatoms. The zero-order valence-electron chi connectivity index (χ0n) is 15.1. The molecule has 0 spiro atoms. The third-order valence-electron chi connectivity index (χ3n) is 3.96. The molecule has 0 bridgehead atoms. The number of benzene rings is 2. The summed E-state index contributed by atoms with van der Waals surface area (Å²) in [5.41, 5.74) is 0.0523. The zero-order chi connectivity index (χ0) is 19.4. The zero-order valence-corrected chi connectivity index (χ0v) is 15.9. The van der Waals surface area contributed by atoms with E-state index >= 15 is 0 Å². The molecule has 0 atom stereocenters. The Kier molecular flexibility index (Phi) is 5.66. The van der Waals surface area contributed by atoms with Crippen LogP contribution in [0.5, 0.6) is 0 Å². The predicted molar refractivity (Wildman–Crippen MR) is 110 cm³/mol. The van der Waals surface area contributed by atoms with Gasteiger partial charge in [-0.05, 0) is 30.2 Å². The van der Waals surface area contributed by atoms with Crippen LogP contribution in [0.2, 0.25) is 0 Å². The van der Waals surface area contributed by atoms with Gasteiger partial charge < -0.3 is 10.6 Å². The largest absolute Gasteiger partial charge is 0.352 e. The number of fused-ring (bicyclic) bond motifs is 1. The highest BCUT2D eigenvalue weighted by Crippen LogP contribution is 2.27. The van der Waals surface area contributed by atoms with Crippen LogP contribution in [0.25, 0.3) is 10.1 Å². The summed E-state index contributed by atoms with van der Waals surface area (Å²) >= 11 is 1.22. The number of hydrogen-bond acceptors (Lipinski definition) is 4. The first kappa shape index (κ1) is 18.8. The van der Waals surface area contributed by atoms with Crippen molar-refractivity contribution >= 4 is 38.2 Å². The Morgan fingerprint density at radius 3 is 2.33 bits per heavy atom. The first-order valence-electron chi connectivity index (χ1n) is 8.68. The van der Waals surface area contributed by atoms with Crippen LogP contribution in [0.3, 0.4) is 0 Å². The second-order valence-corrected chi connectivity index (χ2v) is 7.61. The first-order chi connectivity index (χ1) is 13.0. The van der Waals surface area contributed by atoms with E-state index in [1.165, 1.54) is 11.3 Å². The minimum absolute atomic E-state index is 0.0244. The molecule has 0 saturated carbocycles. The number of hydrogen-bond donors (Lipinski definition) is 2. The number of carbonyl (C=O) groups is 2. The van der Waals surface area contributed by atoms with E-state index in [9.17, 15) is 14.4 Å². The maximum absolute atomic E-state index is 12.9.